The van der Waals surface area contributed by atoms with Crippen LogP contribution in [0, 0.1) is 0 Å². The molecule has 0 aliphatic carbocycles. The zero-order valence-electron chi connectivity index (χ0n) is 12.3. The first-order valence-electron chi connectivity index (χ1n) is 6.78. The fourth-order valence-electron chi connectivity index (χ4n) is 1.92. The predicted molar refractivity (Wildman–Crippen MR) is 79.5 cm³/mol. The summed E-state index contributed by atoms with van der Waals surface area (Å²) in [6, 6.07) is 6.82. The first kappa shape index (κ1) is 14.6. The Bertz CT molecular complexity index is 804. The van der Waals surface area contributed by atoms with Crippen LogP contribution in [0.25, 0.3) is 11.4 Å². The highest BCUT2D eigenvalue weighted by Gasteiger charge is 2.14. The molecule has 0 radical (unpaired) electrons. The van der Waals surface area contributed by atoms with Crippen LogP contribution >= 0.6 is 0 Å². The van der Waals surface area contributed by atoms with Crippen LogP contribution in [0.4, 0.5) is 0 Å². The number of rotatable bonds is 5. The molecule has 0 spiro atoms. The number of pyridine rings is 2. The van der Waals surface area contributed by atoms with E-state index < -0.39 is 0 Å². The Kier molecular flexibility index (Phi) is 4.23. The molecule has 0 saturated heterocycles. The van der Waals surface area contributed by atoms with E-state index in [2.05, 4.69) is 25.4 Å². The number of amides is 1. The first-order chi connectivity index (χ1) is 11.3. The lowest BCUT2D eigenvalue weighted by Crippen LogP contribution is -2.23. The lowest BCUT2D eigenvalue weighted by molar-refractivity contribution is 0.0942. The van der Waals surface area contributed by atoms with Crippen molar-refractivity contribution in [3.8, 4) is 17.3 Å². The van der Waals surface area contributed by atoms with Gasteiger partial charge in [0, 0.05) is 24.2 Å². The van der Waals surface area contributed by atoms with Crippen molar-refractivity contribution in [2.24, 2.45) is 0 Å². The highest BCUT2D eigenvalue weighted by Crippen LogP contribution is 2.15. The molecule has 0 bridgehead atoms. The SMILES string of the molecule is COc1ncccc1C(=O)NCc1nc(-c2ccncc2)no1. The number of nitrogens with zero attached hydrogens (tertiary/aromatic N) is 4. The third-order valence-electron chi connectivity index (χ3n) is 3.02. The molecule has 0 aliphatic heterocycles. The van der Waals surface area contributed by atoms with Crippen molar-refractivity contribution in [1.82, 2.24) is 25.4 Å². The van der Waals surface area contributed by atoms with Crippen LogP contribution in [-0.4, -0.2) is 33.1 Å². The summed E-state index contributed by atoms with van der Waals surface area (Å²) in [6.07, 6.45) is 4.83. The normalized spacial score (nSPS) is 10.3. The number of aromatic nitrogens is 4. The minimum absolute atomic E-state index is 0.106. The summed E-state index contributed by atoms with van der Waals surface area (Å²) in [5.41, 5.74) is 1.12. The van der Waals surface area contributed by atoms with Gasteiger partial charge < -0.3 is 14.6 Å². The number of ether oxygens (including phenoxy) is 1. The van der Waals surface area contributed by atoms with E-state index in [1.54, 1.807) is 42.9 Å². The smallest absolute Gasteiger partial charge is 0.257 e. The van der Waals surface area contributed by atoms with Crippen molar-refractivity contribution < 1.29 is 14.1 Å². The number of methoxy groups -OCH3 is 1. The minimum Gasteiger partial charge on any atom is -0.480 e. The van der Waals surface area contributed by atoms with E-state index in [-0.39, 0.29) is 18.3 Å². The fraction of sp³-hybridized carbons (Fsp3) is 0.133. The van der Waals surface area contributed by atoms with Gasteiger partial charge in [0.25, 0.3) is 5.91 Å². The molecule has 1 N–H and O–H groups in total. The maximum Gasteiger partial charge on any atom is 0.257 e. The quantitative estimate of drug-likeness (QED) is 0.761. The van der Waals surface area contributed by atoms with Gasteiger partial charge in [-0.05, 0) is 24.3 Å². The molecule has 116 valence electrons. The highest BCUT2D eigenvalue weighted by atomic mass is 16.5. The van der Waals surface area contributed by atoms with Crippen LogP contribution in [-0.2, 0) is 6.54 Å². The van der Waals surface area contributed by atoms with E-state index >= 15 is 0 Å². The maximum absolute atomic E-state index is 12.1. The summed E-state index contributed by atoms with van der Waals surface area (Å²) in [6.45, 7) is 0.106. The highest BCUT2D eigenvalue weighted by molar-refractivity contribution is 5.96. The molecule has 0 fully saturated rings. The van der Waals surface area contributed by atoms with Gasteiger partial charge in [-0.3, -0.25) is 9.78 Å². The lowest BCUT2D eigenvalue weighted by Gasteiger charge is -2.06. The molecule has 3 heterocycles. The van der Waals surface area contributed by atoms with Crippen molar-refractivity contribution >= 4 is 5.91 Å². The third-order valence-corrected chi connectivity index (χ3v) is 3.02. The summed E-state index contributed by atoms with van der Waals surface area (Å²) in [4.78, 5) is 24.3. The van der Waals surface area contributed by atoms with E-state index in [1.807, 2.05) is 0 Å². The Balaban J connectivity index is 1.67. The monoisotopic (exact) mass is 311 g/mol. The zero-order chi connectivity index (χ0) is 16.1. The Morgan fingerprint density at radius 2 is 2.09 bits per heavy atom. The Morgan fingerprint density at radius 3 is 2.87 bits per heavy atom. The molecule has 3 aromatic heterocycles. The van der Waals surface area contributed by atoms with E-state index in [1.165, 1.54) is 7.11 Å². The summed E-state index contributed by atoms with van der Waals surface area (Å²) >= 11 is 0. The molecule has 8 heteroatoms. The van der Waals surface area contributed by atoms with E-state index in [0.717, 1.165) is 5.56 Å². The van der Waals surface area contributed by atoms with Crippen molar-refractivity contribution in [2.75, 3.05) is 7.11 Å². The molecule has 8 nitrogen and oxygen atoms in total. The number of carbonyl (C=O) groups is 1. The minimum atomic E-state index is -0.335. The summed E-state index contributed by atoms with van der Waals surface area (Å²) in [5.74, 6) is 0.662. The van der Waals surface area contributed by atoms with Gasteiger partial charge in [-0.15, -0.1) is 0 Å². The summed E-state index contributed by atoms with van der Waals surface area (Å²) in [5, 5.41) is 6.56. The number of hydrogen-bond acceptors (Lipinski definition) is 7. The van der Waals surface area contributed by atoms with Gasteiger partial charge in [-0.1, -0.05) is 5.16 Å². The Labute approximate surface area is 131 Å². The molecule has 0 saturated carbocycles. The number of hydrogen-bond donors (Lipinski definition) is 1. The lowest BCUT2D eigenvalue weighted by atomic mass is 10.2. The average molecular weight is 311 g/mol. The topological polar surface area (TPSA) is 103 Å². The van der Waals surface area contributed by atoms with E-state index in [9.17, 15) is 4.79 Å². The van der Waals surface area contributed by atoms with Gasteiger partial charge in [0.05, 0.1) is 13.7 Å². The van der Waals surface area contributed by atoms with E-state index in [4.69, 9.17) is 9.26 Å². The van der Waals surface area contributed by atoms with Crippen LogP contribution in [0.15, 0.2) is 47.4 Å². The number of nitrogens with one attached hydrogen (secondary N) is 1. The van der Waals surface area contributed by atoms with Crippen LogP contribution in [0.1, 0.15) is 16.2 Å². The maximum atomic E-state index is 12.1. The van der Waals surface area contributed by atoms with Crippen LogP contribution < -0.4 is 10.1 Å². The van der Waals surface area contributed by atoms with Gasteiger partial charge in [0.2, 0.25) is 17.6 Å². The van der Waals surface area contributed by atoms with Crippen LogP contribution in [0.5, 0.6) is 5.88 Å². The predicted octanol–water partition coefficient (Wildman–Crippen LogP) is 1.47. The molecule has 0 aliphatic rings. The van der Waals surface area contributed by atoms with Gasteiger partial charge in [0.15, 0.2) is 0 Å². The molecule has 3 aromatic rings. The zero-order valence-corrected chi connectivity index (χ0v) is 12.3. The second kappa shape index (κ2) is 6.65. The Hall–Kier alpha value is -3.29. The largest absolute Gasteiger partial charge is 0.480 e. The first-order valence-corrected chi connectivity index (χ1v) is 6.78. The van der Waals surface area contributed by atoms with Crippen molar-refractivity contribution in [3.05, 3.63) is 54.3 Å². The van der Waals surface area contributed by atoms with Gasteiger partial charge in [-0.25, -0.2) is 4.98 Å². The fourth-order valence-corrected chi connectivity index (χ4v) is 1.92. The second-order valence-corrected chi connectivity index (χ2v) is 4.49. The molecule has 1 amide bonds. The van der Waals surface area contributed by atoms with Crippen LogP contribution in [0.2, 0.25) is 0 Å². The van der Waals surface area contributed by atoms with Crippen molar-refractivity contribution in [1.29, 1.82) is 0 Å². The molecule has 23 heavy (non-hydrogen) atoms. The van der Waals surface area contributed by atoms with Crippen molar-refractivity contribution in [3.63, 3.8) is 0 Å². The van der Waals surface area contributed by atoms with Gasteiger partial charge >= 0.3 is 0 Å². The van der Waals surface area contributed by atoms with Gasteiger partial charge in [-0.2, -0.15) is 4.98 Å². The molecule has 0 atom stereocenters. The van der Waals surface area contributed by atoms with Crippen molar-refractivity contribution in [2.45, 2.75) is 6.54 Å². The standard InChI is InChI=1S/C15H13N5O3/c1-22-15-11(3-2-6-17-15)14(21)18-9-12-19-13(20-23-12)10-4-7-16-8-5-10/h2-8H,9H2,1H3,(H,18,21). The Morgan fingerprint density at radius 1 is 1.26 bits per heavy atom. The molecule has 0 unspecified atom stereocenters. The third kappa shape index (κ3) is 3.31. The number of carbonyl (C=O) groups excluding carboxylic acids is 1. The molecule has 0 aromatic carbocycles. The van der Waals surface area contributed by atoms with E-state index in [0.29, 0.717) is 17.3 Å². The summed E-state index contributed by atoms with van der Waals surface area (Å²) in [7, 11) is 1.46. The average Bonchev–Trinajstić information content (AvgIpc) is 3.09. The van der Waals surface area contributed by atoms with Gasteiger partial charge in [0.1, 0.15) is 5.56 Å². The second-order valence-electron chi connectivity index (χ2n) is 4.49. The summed E-state index contributed by atoms with van der Waals surface area (Å²) < 4.78 is 10.2. The molecule has 3 rings (SSSR count). The van der Waals surface area contributed by atoms with Crippen LogP contribution in [0.3, 0.4) is 0 Å². The molecular weight excluding hydrogens is 298 g/mol. The molecular formula is C15H13N5O3.